The number of hydrogen-bond donors (Lipinski definition) is 1. The Bertz CT molecular complexity index is 2060. The number of carbonyl (C=O) groups is 1. The number of aromatic nitrogens is 3. The highest BCUT2D eigenvalue weighted by Crippen LogP contribution is 2.46. The number of hydrogen-bond acceptors (Lipinski definition) is 6. The van der Waals surface area contributed by atoms with Crippen molar-refractivity contribution in [2.75, 3.05) is 24.6 Å². The van der Waals surface area contributed by atoms with Crippen LogP contribution in [0, 0.1) is 6.92 Å². The first-order valence-corrected chi connectivity index (χ1v) is 16.8. The molecule has 8 nitrogen and oxygen atoms in total. The molecule has 49 heavy (non-hydrogen) atoms. The quantitative estimate of drug-likeness (QED) is 0.140. The first-order valence-electron chi connectivity index (χ1n) is 16.4. The van der Waals surface area contributed by atoms with E-state index in [2.05, 4.69) is 48.4 Å². The van der Waals surface area contributed by atoms with Gasteiger partial charge in [0.25, 0.3) is 0 Å². The third kappa shape index (κ3) is 6.84. The van der Waals surface area contributed by atoms with E-state index in [9.17, 15) is 9.90 Å². The molecule has 3 heterocycles. The van der Waals surface area contributed by atoms with Gasteiger partial charge in [-0.25, -0.2) is 14.3 Å². The van der Waals surface area contributed by atoms with E-state index in [4.69, 9.17) is 31.2 Å². The van der Waals surface area contributed by atoms with Crippen molar-refractivity contribution in [3.05, 3.63) is 114 Å². The number of ether oxygens (including phenoxy) is 2. The van der Waals surface area contributed by atoms with Gasteiger partial charge in [-0.1, -0.05) is 66.2 Å². The van der Waals surface area contributed by atoms with Gasteiger partial charge in [0.2, 0.25) is 0 Å². The van der Waals surface area contributed by atoms with Crippen molar-refractivity contribution in [2.24, 2.45) is 0 Å². The molecule has 1 atom stereocenters. The molecule has 0 bridgehead atoms. The van der Waals surface area contributed by atoms with Crippen molar-refractivity contribution in [1.82, 2.24) is 14.6 Å². The maximum Gasteiger partial charge on any atom is 0.337 e. The Morgan fingerprint density at radius 2 is 1.84 bits per heavy atom. The fourth-order valence-corrected chi connectivity index (χ4v) is 6.78. The fourth-order valence-electron chi connectivity index (χ4n) is 6.41. The molecular formula is C40H41ClN4O4. The zero-order valence-electron chi connectivity index (χ0n) is 28.4. The van der Waals surface area contributed by atoms with Gasteiger partial charge < -0.3 is 19.5 Å². The lowest BCUT2D eigenvalue weighted by molar-refractivity contribution is -0.160. The number of fused-ring (bicyclic) bond motifs is 2. The predicted octanol–water partition coefficient (Wildman–Crippen LogP) is 9.14. The highest BCUT2D eigenvalue weighted by Gasteiger charge is 2.35. The fraction of sp³-hybridized carbons (Fsp3) is 0.275. The van der Waals surface area contributed by atoms with Crippen LogP contribution in [0.15, 0.2) is 92.0 Å². The zero-order chi connectivity index (χ0) is 34.9. The number of anilines is 1. The summed E-state index contributed by atoms with van der Waals surface area (Å²) in [4.78, 5) is 19.9. The second-order valence-electron chi connectivity index (χ2n) is 13.1. The summed E-state index contributed by atoms with van der Waals surface area (Å²) in [6, 6.07) is 22.3. The molecule has 5 aromatic rings. The summed E-state index contributed by atoms with van der Waals surface area (Å²) in [6.45, 7) is 16.8. The zero-order valence-corrected chi connectivity index (χ0v) is 29.1. The van der Waals surface area contributed by atoms with Crippen molar-refractivity contribution < 1.29 is 19.4 Å². The number of benzene rings is 3. The standard InChI is InChI=1S/C40H41ClN4O4/c1-7-9-13-26-14-10-11-17-29(26)27-15-12-16-28(23-27)31-24-33-42-25(3)34(38(39(46)47)49-40(4,5)6)36(45(33)43-31)30-18-19-32-37(35(30)41)44(20-8-2)21-22-48-32/h7-8,10-12,14-19,23-24,38H,1-2,9,13,20-22H2,3-6H3,(H,46,47). The molecule has 0 fully saturated rings. The summed E-state index contributed by atoms with van der Waals surface area (Å²) in [5.74, 6) is -0.487. The summed E-state index contributed by atoms with van der Waals surface area (Å²) in [5, 5.41) is 16.1. The Morgan fingerprint density at radius 1 is 1.06 bits per heavy atom. The number of nitrogens with zero attached hydrogens (tertiary/aromatic N) is 4. The Balaban J connectivity index is 1.59. The minimum absolute atomic E-state index is 0.378. The normalized spacial score (nSPS) is 13.5. The Hall–Kier alpha value is -4.92. The highest BCUT2D eigenvalue weighted by atomic mass is 35.5. The van der Waals surface area contributed by atoms with Crippen molar-refractivity contribution in [3.8, 4) is 39.4 Å². The topological polar surface area (TPSA) is 89.2 Å². The van der Waals surface area contributed by atoms with Crippen LogP contribution in [0.5, 0.6) is 5.75 Å². The van der Waals surface area contributed by atoms with Gasteiger partial charge in [-0.05, 0) is 75.4 Å². The van der Waals surface area contributed by atoms with E-state index in [0.717, 1.165) is 35.2 Å². The number of aliphatic carboxylic acids is 1. The maximum atomic E-state index is 12.9. The number of carboxylic acid groups (broad SMARTS) is 1. The Labute approximate surface area is 292 Å². The molecule has 1 N–H and O–H groups in total. The lowest BCUT2D eigenvalue weighted by atomic mass is 9.95. The maximum absolute atomic E-state index is 12.9. The second-order valence-corrected chi connectivity index (χ2v) is 13.5. The number of allylic oxidation sites excluding steroid dienone is 1. The van der Waals surface area contributed by atoms with Gasteiger partial charge in [0.05, 0.1) is 34.2 Å². The lowest BCUT2D eigenvalue weighted by Gasteiger charge is -2.32. The van der Waals surface area contributed by atoms with Gasteiger partial charge in [-0.2, -0.15) is 5.10 Å². The summed E-state index contributed by atoms with van der Waals surface area (Å²) in [7, 11) is 0. The van der Waals surface area contributed by atoms with Crippen LogP contribution in [0.4, 0.5) is 5.69 Å². The van der Waals surface area contributed by atoms with E-state index in [-0.39, 0.29) is 0 Å². The van der Waals surface area contributed by atoms with Gasteiger partial charge in [0.1, 0.15) is 12.4 Å². The number of carboxylic acids is 1. The van der Waals surface area contributed by atoms with E-state index in [1.54, 1.807) is 11.4 Å². The van der Waals surface area contributed by atoms with Crippen LogP contribution in [-0.4, -0.2) is 51.0 Å². The van der Waals surface area contributed by atoms with Gasteiger partial charge in [0, 0.05) is 35.0 Å². The third-order valence-corrected chi connectivity index (χ3v) is 8.89. The first-order chi connectivity index (χ1) is 23.5. The number of rotatable bonds is 11. The van der Waals surface area contributed by atoms with Crippen molar-refractivity contribution >= 4 is 28.9 Å². The molecule has 252 valence electrons. The summed E-state index contributed by atoms with van der Waals surface area (Å²) >= 11 is 7.29. The Kier molecular flexibility index (Phi) is 9.63. The minimum atomic E-state index is -1.34. The average Bonchev–Trinajstić information content (AvgIpc) is 3.50. The van der Waals surface area contributed by atoms with Crippen LogP contribution in [0.2, 0.25) is 5.02 Å². The molecule has 0 amide bonds. The van der Waals surface area contributed by atoms with E-state index in [1.165, 1.54) is 5.56 Å². The van der Waals surface area contributed by atoms with Crippen LogP contribution in [0.3, 0.4) is 0 Å². The number of aryl methyl sites for hydroxylation is 2. The molecule has 0 spiro atoms. The summed E-state index contributed by atoms with van der Waals surface area (Å²) in [5.41, 5.74) is 7.52. The average molecular weight is 677 g/mol. The van der Waals surface area contributed by atoms with E-state index in [1.807, 2.05) is 69.3 Å². The van der Waals surface area contributed by atoms with Crippen LogP contribution in [-0.2, 0) is 16.0 Å². The molecule has 2 aromatic heterocycles. The van der Waals surface area contributed by atoms with Crippen LogP contribution in [0.1, 0.15) is 50.1 Å². The number of halogens is 1. The highest BCUT2D eigenvalue weighted by molar-refractivity contribution is 6.36. The van der Waals surface area contributed by atoms with Crippen LogP contribution < -0.4 is 9.64 Å². The molecule has 1 aliphatic heterocycles. The van der Waals surface area contributed by atoms with Gasteiger partial charge in [0.15, 0.2) is 11.8 Å². The Morgan fingerprint density at radius 3 is 2.57 bits per heavy atom. The smallest absolute Gasteiger partial charge is 0.337 e. The molecule has 0 saturated heterocycles. The molecule has 3 aromatic carbocycles. The molecule has 0 aliphatic carbocycles. The molecular weight excluding hydrogens is 636 g/mol. The van der Waals surface area contributed by atoms with Crippen LogP contribution in [0.25, 0.3) is 39.3 Å². The van der Waals surface area contributed by atoms with E-state index < -0.39 is 17.7 Å². The first kappa shape index (κ1) is 34.0. The molecule has 0 radical (unpaired) electrons. The van der Waals surface area contributed by atoms with Gasteiger partial charge in [-0.3, -0.25) is 0 Å². The van der Waals surface area contributed by atoms with E-state index in [0.29, 0.717) is 64.3 Å². The van der Waals surface area contributed by atoms with Crippen LogP contribution >= 0.6 is 11.6 Å². The summed E-state index contributed by atoms with van der Waals surface area (Å²) in [6.07, 6.45) is 4.19. The molecule has 1 aliphatic rings. The van der Waals surface area contributed by atoms with Gasteiger partial charge in [-0.15, -0.1) is 13.2 Å². The SMILES string of the molecule is C=CCCc1ccccc1-c1cccc(-c2cc3nc(C)c(C(OC(C)(C)C)C(=O)O)c(-c4ccc5c(c4Cl)N(CC=C)CCO5)n3n2)c1. The molecule has 1 unspecified atom stereocenters. The third-order valence-electron chi connectivity index (χ3n) is 8.51. The second kappa shape index (κ2) is 13.9. The molecule has 0 saturated carbocycles. The van der Waals surface area contributed by atoms with Gasteiger partial charge >= 0.3 is 5.97 Å². The minimum Gasteiger partial charge on any atom is -0.490 e. The monoisotopic (exact) mass is 676 g/mol. The summed E-state index contributed by atoms with van der Waals surface area (Å²) < 4.78 is 13.9. The predicted molar refractivity (Wildman–Crippen MR) is 197 cm³/mol. The van der Waals surface area contributed by atoms with E-state index >= 15 is 0 Å². The molecule has 9 heteroatoms. The largest absolute Gasteiger partial charge is 0.490 e. The van der Waals surface area contributed by atoms with Crippen molar-refractivity contribution in [3.63, 3.8) is 0 Å². The van der Waals surface area contributed by atoms with Crippen molar-refractivity contribution in [2.45, 2.75) is 52.2 Å². The lowest BCUT2D eigenvalue weighted by Crippen LogP contribution is -2.33. The van der Waals surface area contributed by atoms with Crippen molar-refractivity contribution in [1.29, 1.82) is 0 Å². The molecule has 6 rings (SSSR count).